The molecule has 2 radical (unpaired) electrons. The van der Waals surface area contributed by atoms with Crippen molar-refractivity contribution in [3.05, 3.63) is 252 Å². The van der Waals surface area contributed by atoms with E-state index in [1.54, 1.807) is 0 Å². The van der Waals surface area contributed by atoms with Crippen molar-refractivity contribution in [2.45, 2.75) is 91.9 Å². The van der Waals surface area contributed by atoms with E-state index in [2.05, 4.69) is 250 Å². The Morgan fingerprint density at radius 2 is 1.18 bits per heavy atom. The fourth-order valence-electron chi connectivity index (χ4n) is 12.0. The number of nitrogens with one attached hydrogen (secondary N) is 2. The maximum absolute atomic E-state index is 8.90. The van der Waals surface area contributed by atoms with E-state index in [0.29, 0.717) is 35.1 Å². The minimum atomic E-state index is -2.53. The highest BCUT2D eigenvalue weighted by molar-refractivity contribution is 6.67. The van der Waals surface area contributed by atoms with E-state index in [4.69, 9.17) is 13.8 Å². The lowest BCUT2D eigenvalue weighted by atomic mass is 9.62. The average Bonchev–Trinajstić information content (AvgIpc) is 1.58. The van der Waals surface area contributed by atoms with Crippen molar-refractivity contribution >= 4 is 81.1 Å². The molecule has 0 bridgehead atoms. The molecule has 0 fully saturated rings. The highest BCUT2D eigenvalue weighted by atomic mass is 16.5. The van der Waals surface area contributed by atoms with E-state index >= 15 is 0 Å². The van der Waals surface area contributed by atoms with Crippen LogP contribution in [-0.4, -0.2) is 35.3 Å². The molecule has 3 aliphatic rings. The summed E-state index contributed by atoms with van der Waals surface area (Å²) in [5.41, 5.74) is 18.0. The first-order valence-electron chi connectivity index (χ1n) is 31.2. The molecule has 85 heavy (non-hydrogen) atoms. The van der Waals surface area contributed by atoms with Gasteiger partial charge in [0.25, 0.3) is 0 Å². The van der Waals surface area contributed by atoms with Gasteiger partial charge in [-0.1, -0.05) is 153 Å². The smallest absolute Gasteiger partial charge is 0.215 e. The molecule has 9 aromatic rings. The molecule has 3 aliphatic heterocycles. The molecular formula is C75H75B2N7O. The molecule has 0 spiro atoms. The topological polar surface area (TPSA) is 62.5 Å². The summed E-state index contributed by atoms with van der Waals surface area (Å²) in [5.74, 6) is 6.24. The second-order valence-electron chi connectivity index (χ2n) is 24.9. The molecule has 422 valence electrons. The maximum Gasteiger partial charge on any atom is 0.215 e. The van der Waals surface area contributed by atoms with Crippen molar-refractivity contribution < 1.29 is 8.85 Å². The van der Waals surface area contributed by atoms with Gasteiger partial charge >= 0.3 is 0 Å². The minimum Gasteiger partial charge on any atom is -0.457 e. The van der Waals surface area contributed by atoms with Crippen LogP contribution in [0.2, 0.25) is 0 Å². The summed E-state index contributed by atoms with van der Waals surface area (Å²) in [5, 5.41) is 8.54. The molecule has 5 heterocycles. The first kappa shape index (κ1) is 52.6. The molecule has 7 aromatic carbocycles. The Kier molecular flexibility index (Phi) is 14.3. The molecule has 2 N–H and O–H groups in total. The number of ether oxygens (including phenoxy) is 1. The van der Waals surface area contributed by atoms with Crippen molar-refractivity contribution in [1.82, 2.24) is 24.8 Å². The van der Waals surface area contributed by atoms with Crippen LogP contribution < -0.4 is 25.2 Å². The minimum absolute atomic E-state index is 0.138. The number of aromatic nitrogens is 3. The molecule has 0 unspecified atom stereocenters. The predicted octanol–water partition coefficient (Wildman–Crippen LogP) is 18.6. The van der Waals surface area contributed by atoms with Crippen LogP contribution >= 0.6 is 0 Å². The lowest BCUT2D eigenvalue weighted by Gasteiger charge is -2.31. The number of anilines is 4. The maximum atomic E-state index is 8.90. The Balaban J connectivity index is 1.07. The largest absolute Gasteiger partial charge is 0.457 e. The van der Waals surface area contributed by atoms with Crippen molar-refractivity contribution in [3.8, 4) is 28.6 Å². The van der Waals surface area contributed by atoms with E-state index in [0.717, 1.165) is 72.2 Å². The lowest BCUT2D eigenvalue weighted by Crippen LogP contribution is -2.26. The SMILES string of the molecule is [2H]C([2H])([2H])n1c(-n2c3ccc(C(C)(C)C)cc3c3ccc(Oc4cc(-c5c(C(C)C)cccc5C(C)C)cc(N5CN(c6c(/C7=C/C=C\N/C=C\C=C/[B]7)cc(C(C)(C)C)cc6/C6=C/C=C\N/C=C\C=C/[B]6)c6ccccc65)c4)cc32)nc2ccccc21. The van der Waals surface area contributed by atoms with Crippen LogP contribution in [0.5, 0.6) is 11.5 Å². The number of nitrogens with zero attached hydrogens (tertiary/aromatic N) is 5. The number of aryl methyl sites for hydroxylation is 1. The number of allylic oxidation sites excluding steroid dienone is 8. The van der Waals surface area contributed by atoms with Crippen LogP contribution in [-0.2, 0) is 17.8 Å². The van der Waals surface area contributed by atoms with Crippen molar-refractivity contribution in [1.29, 1.82) is 0 Å². The van der Waals surface area contributed by atoms with Crippen LogP contribution in [0.1, 0.15) is 119 Å². The molecule has 0 saturated heterocycles. The summed E-state index contributed by atoms with van der Waals surface area (Å²) >= 11 is 0. The Morgan fingerprint density at radius 1 is 0.553 bits per heavy atom. The normalized spacial score (nSPS) is 18.8. The summed E-state index contributed by atoms with van der Waals surface area (Å²) in [6, 6.07) is 47.1. The number of imidazole rings is 1. The molecule has 2 aromatic heterocycles. The molecular weight excluding hydrogens is 1040 g/mol. The Labute approximate surface area is 508 Å². The zero-order valence-electron chi connectivity index (χ0n) is 53.4. The third kappa shape index (κ3) is 11.1. The van der Waals surface area contributed by atoms with E-state index in [9.17, 15) is 0 Å². The number of fused-ring (bicyclic) bond motifs is 5. The van der Waals surface area contributed by atoms with Gasteiger partial charge in [-0.2, -0.15) is 0 Å². The number of benzene rings is 7. The predicted molar refractivity (Wildman–Crippen MR) is 363 cm³/mol. The fraction of sp³-hybridized carbons (Fsp3) is 0.213. The molecule has 0 amide bonds. The summed E-state index contributed by atoms with van der Waals surface area (Å²) in [6.07, 6.45) is 24.4. The van der Waals surface area contributed by atoms with E-state index in [1.165, 1.54) is 32.4 Å². The molecule has 0 atom stereocenters. The highest BCUT2D eigenvalue weighted by Crippen LogP contribution is 2.51. The summed E-state index contributed by atoms with van der Waals surface area (Å²) < 4.78 is 37.4. The molecule has 12 rings (SSSR count). The number of hydrogen-bond acceptors (Lipinski definition) is 6. The zero-order valence-corrected chi connectivity index (χ0v) is 50.4. The monoisotopic (exact) mass is 1110 g/mol. The van der Waals surface area contributed by atoms with Gasteiger partial charge in [-0.25, -0.2) is 4.98 Å². The van der Waals surface area contributed by atoms with Gasteiger partial charge in [0.15, 0.2) is 14.6 Å². The fourth-order valence-corrected chi connectivity index (χ4v) is 12.0. The zero-order chi connectivity index (χ0) is 61.6. The van der Waals surface area contributed by atoms with Crippen molar-refractivity contribution in [2.24, 2.45) is 6.98 Å². The Morgan fingerprint density at radius 3 is 1.81 bits per heavy atom. The third-order valence-electron chi connectivity index (χ3n) is 16.4. The van der Waals surface area contributed by atoms with E-state index in [1.807, 2.05) is 77.9 Å². The van der Waals surface area contributed by atoms with E-state index < -0.39 is 6.98 Å². The van der Waals surface area contributed by atoms with Gasteiger partial charge in [-0.05, 0) is 164 Å². The number of para-hydroxylation sites is 4. The molecule has 0 saturated carbocycles. The lowest BCUT2D eigenvalue weighted by molar-refractivity contribution is 0.483. The van der Waals surface area contributed by atoms with Crippen molar-refractivity contribution in [3.63, 3.8) is 0 Å². The second-order valence-corrected chi connectivity index (χ2v) is 24.9. The van der Waals surface area contributed by atoms with Gasteiger partial charge < -0.3 is 29.7 Å². The quantitative estimate of drug-likeness (QED) is 0.133. The average molecular weight is 1120 g/mol. The first-order chi connectivity index (χ1) is 42.2. The van der Waals surface area contributed by atoms with Gasteiger partial charge in [0, 0.05) is 64.5 Å². The summed E-state index contributed by atoms with van der Waals surface area (Å²) in [6.45, 7) is 20.5. The third-order valence-corrected chi connectivity index (χ3v) is 16.4. The second kappa shape index (κ2) is 23.1. The van der Waals surface area contributed by atoms with Crippen LogP contribution in [0, 0.1) is 0 Å². The van der Waals surface area contributed by atoms with Gasteiger partial charge in [0.1, 0.15) is 18.2 Å². The Hall–Kier alpha value is -9.14. The van der Waals surface area contributed by atoms with Gasteiger partial charge in [0.2, 0.25) is 5.95 Å². The van der Waals surface area contributed by atoms with Crippen molar-refractivity contribution in [2.75, 3.05) is 16.5 Å². The van der Waals surface area contributed by atoms with Crippen LogP contribution in [0.25, 0.3) is 60.9 Å². The summed E-state index contributed by atoms with van der Waals surface area (Å²) in [7, 11) is 4.42. The van der Waals surface area contributed by atoms with Crippen LogP contribution in [0.4, 0.5) is 22.7 Å². The van der Waals surface area contributed by atoms with E-state index in [-0.39, 0.29) is 22.7 Å². The molecule has 10 heteroatoms. The van der Waals surface area contributed by atoms with Gasteiger partial charge in [-0.15, -0.1) is 12.0 Å². The highest BCUT2D eigenvalue weighted by Gasteiger charge is 2.34. The number of rotatable bonds is 10. The van der Waals surface area contributed by atoms with Gasteiger partial charge in [0.05, 0.1) is 39.1 Å². The number of hydrogen-bond donors (Lipinski definition) is 2. The van der Waals surface area contributed by atoms with Gasteiger partial charge in [-0.3, -0.25) is 4.57 Å². The van der Waals surface area contributed by atoms with Crippen LogP contribution in [0.3, 0.4) is 0 Å². The van der Waals surface area contributed by atoms with Crippen LogP contribution in [0.15, 0.2) is 219 Å². The first-order valence-corrected chi connectivity index (χ1v) is 29.7. The summed E-state index contributed by atoms with van der Waals surface area (Å²) in [4.78, 5) is 10.0. The standard InChI is InChI=1S/C75H75B2N7O/c1-49(2)57-23-20-24-58(50(3)4)71(57)51-41-54(46-56(42-51)85-55-32-33-59-60-43-52(74(5,6)7)31-34-66(60)84(70(59)47-55)73-80-65-27-12-13-28-67(65)81(73)11)82-48-83(69-30-15-14-29-68(69)82)72-61(63-25-21-39-78-37-18-16-35-76-63)44-53(75(8,9)10)45-62(72)64-26-22-40-79-38-19-17-36-77-64/h12-47,49-50,78-79H,48H2,1-11H3/b35-16-,36-17-,37-18-,38-19-,39-21-,40-22-,63-25-,64-26-/i11D3. The molecule has 0 aliphatic carbocycles. The molecule has 8 nitrogen and oxygen atoms in total. The Bertz CT molecular complexity index is 4340.